The number of benzene rings is 1. The van der Waals surface area contributed by atoms with E-state index in [9.17, 15) is 22.0 Å². The Hall–Kier alpha value is -1.70. The van der Waals surface area contributed by atoms with Gasteiger partial charge in [-0.05, 0) is 25.5 Å². The normalized spacial score (nSPS) is 17.1. The monoisotopic (exact) mass is 561 g/mol. The number of nitrogens with one attached hydrogen (secondary N) is 2. The molecule has 0 radical (unpaired) electrons. The standard InChI is InChI=1S/C18H20F5N5S.HI/c1-2-24-17(25-8-15-27-14(10-29-15)18(21,22)23)26-11-6-7-28(9-11)16-12(19)4-3-5-13(16)20;/h3-5,10-11H,2,6-9H2,1H3,(H2,24,25,26);1H. The first-order valence-electron chi connectivity index (χ1n) is 9.03. The number of thiazole rings is 1. The maximum absolute atomic E-state index is 14.0. The second-order valence-corrected chi connectivity index (χ2v) is 7.41. The van der Waals surface area contributed by atoms with Gasteiger partial charge in [0.1, 0.15) is 22.3 Å². The van der Waals surface area contributed by atoms with Crippen molar-refractivity contribution in [1.29, 1.82) is 0 Å². The fourth-order valence-corrected chi connectivity index (χ4v) is 3.77. The molecule has 2 heterocycles. The predicted octanol–water partition coefficient (Wildman–Crippen LogP) is 4.39. The van der Waals surface area contributed by atoms with E-state index in [0.29, 0.717) is 32.0 Å². The van der Waals surface area contributed by atoms with E-state index in [1.165, 1.54) is 18.2 Å². The van der Waals surface area contributed by atoms with E-state index in [0.717, 1.165) is 16.7 Å². The van der Waals surface area contributed by atoms with Crippen LogP contribution in [0.5, 0.6) is 0 Å². The second-order valence-electron chi connectivity index (χ2n) is 6.47. The molecular formula is C18H21F5IN5S. The fraction of sp³-hybridized carbons (Fsp3) is 0.444. The molecule has 1 aromatic carbocycles. The molecule has 0 amide bonds. The van der Waals surface area contributed by atoms with E-state index in [2.05, 4.69) is 20.6 Å². The number of aliphatic imine (C=N–C) groups is 1. The number of hydrogen-bond donors (Lipinski definition) is 2. The highest BCUT2D eigenvalue weighted by Crippen LogP contribution is 2.30. The van der Waals surface area contributed by atoms with Crippen LogP contribution in [0.4, 0.5) is 27.6 Å². The van der Waals surface area contributed by atoms with Gasteiger partial charge in [0.2, 0.25) is 0 Å². The number of para-hydroxylation sites is 1. The molecule has 2 N–H and O–H groups in total. The van der Waals surface area contributed by atoms with Crippen molar-refractivity contribution in [2.45, 2.75) is 32.1 Å². The summed E-state index contributed by atoms with van der Waals surface area (Å²) >= 11 is 0.895. The minimum absolute atomic E-state index is 0. The van der Waals surface area contributed by atoms with E-state index in [4.69, 9.17) is 0 Å². The zero-order valence-electron chi connectivity index (χ0n) is 16.0. The minimum atomic E-state index is -4.48. The van der Waals surface area contributed by atoms with Gasteiger partial charge in [-0.3, -0.25) is 0 Å². The Balaban J connectivity index is 0.00000320. The number of aromatic nitrogens is 1. The smallest absolute Gasteiger partial charge is 0.365 e. The summed E-state index contributed by atoms with van der Waals surface area (Å²) in [6, 6.07) is 3.63. The maximum atomic E-state index is 14.0. The van der Waals surface area contributed by atoms with Crippen molar-refractivity contribution < 1.29 is 22.0 Å². The van der Waals surface area contributed by atoms with Crippen LogP contribution in [-0.2, 0) is 12.7 Å². The first-order valence-corrected chi connectivity index (χ1v) is 9.91. The summed E-state index contributed by atoms with van der Waals surface area (Å²) in [5.74, 6) is -0.817. The summed E-state index contributed by atoms with van der Waals surface area (Å²) in [7, 11) is 0. The van der Waals surface area contributed by atoms with Crippen LogP contribution in [0.2, 0.25) is 0 Å². The average molecular weight is 561 g/mol. The molecule has 0 spiro atoms. The predicted molar refractivity (Wildman–Crippen MR) is 117 cm³/mol. The van der Waals surface area contributed by atoms with Crippen LogP contribution in [-0.4, -0.2) is 36.6 Å². The summed E-state index contributed by atoms with van der Waals surface area (Å²) in [4.78, 5) is 9.47. The van der Waals surface area contributed by atoms with E-state index in [-0.39, 0.29) is 47.3 Å². The van der Waals surface area contributed by atoms with Crippen LogP contribution in [0.3, 0.4) is 0 Å². The first kappa shape index (κ1) is 24.6. The average Bonchev–Trinajstić information content (AvgIpc) is 3.29. The van der Waals surface area contributed by atoms with Gasteiger partial charge in [-0.1, -0.05) is 6.07 Å². The third-order valence-electron chi connectivity index (χ3n) is 4.34. The Kier molecular flexibility index (Phi) is 8.64. The zero-order valence-corrected chi connectivity index (χ0v) is 19.1. The molecule has 1 aliphatic heterocycles. The molecule has 1 atom stereocenters. The van der Waals surface area contributed by atoms with Gasteiger partial charge < -0.3 is 15.5 Å². The van der Waals surface area contributed by atoms with E-state index in [1.807, 2.05) is 6.92 Å². The quantitative estimate of drug-likeness (QED) is 0.246. The number of guanidine groups is 1. The van der Waals surface area contributed by atoms with Gasteiger partial charge in [-0.2, -0.15) is 13.2 Å². The molecular weight excluding hydrogens is 540 g/mol. The number of anilines is 1. The summed E-state index contributed by atoms with van der Waals surface area (Å²) in [6.07, 6.45) is -3.84. The molecule has 1 saturated heterocycles. The zero-order chi connectivity index (χ0) is 21.0. The summed E-state index contributed by atoms with van der Waals surface area (Å²) in [5.41, 5.74) is -0.981. The molecule has 1 fully saturated rings. The lowest BCUT2D eigenvalue weighted by molar-refractivity contribution is -0.140. The summed E-state index contributed by atoms with van der Waals surface area (Å²) in [5, 5.41) is 7.40. The number of hydrogen-bond acceptors (Lipinski definition) is 4. The molecule has 30 heavy (non-hydrogen) atoms. The van der Waals surface area contributed by atoms with Crippen LogP contribution in [0, 0.1) is 11.6 Å². The third-order valence-corrected chi connectivity index (χ3v) is 5.18. The Bertz CT molecular complexity index is 853. The van der Waals surface area contributed by atoms with E-state index >= 15 is 0 Å². The number of rotatable bonds is 5. The second kappa shape index (κ2) is 10.6. The van der Waals surface area contributed by atoms with Crippen LogP contribution >= 0.6 is 35.3 Å². The van der Waals surface area contributed by atoms with Gasteiger partial charge >= 0.3 is 6.18 Å². The largest absolute Gasteiger partial charge is 0.434 e. The highest BCUT2D eigenvalue weighted by atomic mass is 127. The van der Waals surface area contributed by atoms with Crippen molar-refractivity contribution in [2.75, 3.05) is 24.5 Å². The van der Waals surface area contributed by atoms with Crippen molar-refractivity contribution in [1.82, 2.24) is 15.6 Å². The topological polar surface area (TPSA) is 52.6 Å². The lowest BCUT2D eigenvalue weighted by Crippen LogP contribution is -2.44. The molecule has 2 aromatic rings. The molecule has 5 nitrogen and oxygen atoms in total. The molecule has 0 saturated carbocycles. The van der Waals surface area contributed by atoms with Gasteiger partial charge in [0.15, 0.2) is 11.7 Å². The Morgan fingerprint density at radius 3 is 2.60 bits per heavy atom. The Labute approximate surface area is 191 Å². The molecule has 1 aromatic heterocycles. The SMILES string of the molecule is CCNC(=NCc1nc(C(F)(F)F)cs1)NC1CCN(c2c(F)cccc2F)C1.I. The molecule has 3 rings (SSSR count). The number of halogens is 6. The van der Waals surface area contributed by atoms with Crippen molar-refractivity contribution >= 4 is 47.0 Å². The molecule has 1 unspecified atom stereocenters. The fourth-order valence-electron chi connectivity index (χ4n) is 3.05. The lowest BCUT2D eigenvalue weighted by Gasteiger charge is -2.21. The van der Waals surface area contributed by atoms with Crippen LogP contribution in [0.15, 0.2) is 28.6 Å². The van der Waals surface area contributed by atoms with Gasteiger partial charge in [0.05, 0.1) is 6.54 Å². The van der Waals surface area contributed by atoms with Gasteiger partial charge in [0, 0.05) is 31.1 Å². The first-order chi connectivity index (χ1) is 13.8. The Morgan fingerprint density at radius 2 is 2.00 bits per heavy atom. The van der Waals surface area contributed by atoms with Crippen LogP contribution in [0.1, 0.15) is 24.0 Å². The highest BCUT2D eigenvalue weighted by Gasteiger charge is 2.33. The van der Waals surface area contributed by atoms with Crippen LogP contribution in [0.25, 0.3) is 0 Å². The number of nitrogens with zero attached hydrogens (tertiary/aromatic N) is 3. The molecule has 1 aliphatic rings. The van der Waals surface area contributed by atoms with Crippen molar-refractivity contribution in [3.63, 3.8) is 0 Å². The van der Waals surface area contributed by atoms with Crippen molar-refractivity contribution in [3.8, 4) is 0 Å². The minimum Gasteiger partial charge on any atom is -0.365 e. The van der Waals surface area contributed by atoms with Crippen molar-refractivity contribution in [3.05, 3.63) is 45.9 Å². The van der Waals surface area contributed by atoms with Gasteiger partial charge in [-0.25, -0.2) is 18.8 Å². The van der Waals surface area contributed by atoms with Gasteiger partial charge in [-0.15, -0.1) is 35.3 Å². The Morgan fingerprint density at radius 1 is 1.30 bits per heavy atom. The highest BCUT2D eigenvalue weighted by molar-refractivity contribution is 14.0. The molecule has 12 heteroatoms. The third kappa shape index (κ3) is 6.15. The summed E-state index contributed by atoms with van der Waals surface area (Å²) in [6.45, 7) is 3.25. The molecule has 0 aliphatic carbocycles. The van der Waals surface area contributed by atoms with Crippen LogP contribution < -0.4 is 15.5 Å². The summed E-state index contributed by atoms with van der Waals surface area (Å²) < 4.78 is 65.9. The molecule has 166 valence electrons. The number of alkyl halides is 3. The van der Waals surface area contributed by atoms with Gasteiger partial charge in [0.25, 0.3) is 0 Å². The maximum Gasteiger partial charge on any atom is 0.434 e. The lowest BCUT2D eigenvalue weighted by atomic mass is 10.2. The van der Waals surface area contributed by atoms with E-state index < -0.39 is 23.5 Å². The molecule has 0 bridgehead atoms. The van der Waals surface area contributed by atoms with E-state index in [1.54, 1.807) is 4.90 Å². The van der Waals surface area contributed by atoms with Crippen molar-refractivity contribution in [2.24, 2.45) is 4.99 Å².